The SMILES string of the molecule is CC(=O)c1ccc(-c2nccc(CNCCCOc3ccc4c(c3)CC[C@H]4CC(=O)O)n2)cc1. The molecule has 0 aliphatic heterocycles. The van der Waals surface area contributed by atoms with Gasteiger partial charge in [0.25, 0.3) is 0 Å². The van der Waals surface area contributed by atoms with Gasteiger partial charge in [-0.1, -0.05) is 30.3 Å². The number of nitrogens with one attached hydrogen (secondary N) is 1. The molecule has 1 aliphatic rings. The van der Waals surface area contributed by atoms with Crippen LogP contribution in [0, 0.1) is 0 Å². The fraction of sp³-hybridized carbons (Fsp3) is 0.333. The molecule has 1 aliphatic carbocycles. The van der Waals surface area contributed by atoms with Gasteiger partial charge in [0, 0.05) is 23.9 Å². The van der Waals surface area contributed by atoms with Crippen molar-refractivity contribution in [3.63, 3.8) is 0 Å². The van der Waals surface area contributed by atoms with Gasteiger partial charge in [0.1, 0.15) is 5.75 Å². The van der Waals surface area contributed by atoms with Gasteiger partial charge in [-0.25, -0.2) is 9.97 Å². The zero-order valence-electron chi connectivity index (χ0n) is 19.3. The second-order valence-corrected chi connectivity index (χ2v) is 8.58. The van der Waals surface area contributed by atoms with E-state index < -0.39 is 5.97 Å². The molecule has 7 nitrogen and oxygen atoms in total. The number of benzene rings is 2. The van der Waals surface area contributed by atoms with Crippen molar-refractivity contribution < 1.29 is 19.4 Å². The Morgan fingerprint density at radius 1 is 1.15 bits per heavy atom. The van der Waals surface area contributed by atoms with E-state index in [-0.39, 0.29) is 18.1 Å². The number of ether oxygens (including phenoxy) is 1. The predicted molar refractivity (Wildman–Crippen MR) is 129 cm³/mol. The van der Waals surface area contributed by atoms with E-state index in [0.29, 0.717) is 24.5 Å². The zero-order valence-corrected chi connectivity index (χ0v) is 19.3. The molecule has 0 fully saturated rings. The summed E-state index contributed by atoms with van der Waals surface area (Å²) < 4.78 is 5.90. The van der Waals surface area contributed by atoms with E-state index in [9.17, 15) is 9.59 Å². The van der Waals surface area contributed by atoms with E-state index in [1.165, 1.54) is 5.56 Å². The maximum atomic E-state index is 11.4. The minimum Gasteiger partial charge on any atom is -0.494 e. The maximum absolute atomic E-state index is 11.4. The lowest BCUT2D eigenvalue weighted by atomic mass is 9.98. The van der Waals surface area contributed by atoms with Crippen LogP contribution in [-0.4, -0.2) is 40.0 Å². The molecule has 0 amide bonds. The number of fused-ring (bicyclic) bond motifs is 1. The first-order chi connectivity index (χ1) is 16.5. The number of carboxylic acid groups (broad SMARTS) is 1. The standard InChI is InChI=1S/C27H29N3O4/c1-18(31)19-3-5-20(6-4-19)27-29-13-11-23(30-27)17-28-12-2-14-34-24-9-10-25-21(15-24)7-8-22(25)16-26(32)33/h3-6,9-11,13,15,22,28H,2,7-8,12,14,16-17H2,1H3,(H,32,33)/t22-/m0/s1. The van der Waals surface area contributed by atoms with Gasteiger partial charge in [0.15, 0.2) is 11.6 Å². The number of nitrogens with zero attached hydrogens (tertiary/aromatic N) is 2. The number of carbonyl (C=O) groups excluding carboxylic acids is 1. The Kier molecular flexibility index (Phi) is 7.65. The minimum absolute atomic E-state index is 0.0370. The number of ketones is 1. The van der Waals surface area contributed by atoms with Crippen LogP contribution in [0.25, 0.3) is 11.4 Å². The van der Waals surface area contributed by atoms with E-state index in [1.807, 2.05) is 30.3 Å². The van der Waals surface area contributed by atoms with Crippen LogP contribution in [-0.2, 0) is 17.8 Å². The Hall–Kier alpha value is -3.58. The number of carboxylic acids is 1. The summed E-state index contributed by atoms with van der Waals surface area (Å²) in [5.74, 6) is 0.890. The van der Waals surface area contributed by atoms with Crippen LogP contribution in [0.1, 0.15) is 59.3 Å². The maximum Gasteiger partial charge on any atom is 0.303 e. The number of aromatic nitrogens is 2. The molecule has 1 heterocycles. The van der Waals surface area contributed by atoms with Crippen molar-refractivity contribution in [3.8, 4) is 17.1 Å². The van der Waals surface area contributed by atoms with Crippen LogP contribution in [0.5, 0.6) is 5.75 Å². The van der Waals surface area contributed by atoms with Gasteiger partial charge >= 0.3 is 5.97 Å². The number of aryl methyl sites for hydroxylation is 1. The van der Waals surface area contributed by atoms with Gasteiger partial charge in [-0.3, -0.25) is 9.59 Å². The van der Waals surface area contributed by atoms with E-state index in [0.717, 1.165) is 48.4 Å². The number of hydrogen-bond acceptors (Lipinski definition) is 6. The van der Waals surface area contributed by atoms with E-state index in [1.54, 1.807) is 25.3 Å². The predicted octanol–water partition coefficient (Wildman–Crippen LogP) is 4.41. The first-order valence-electron chi connectivity index (χ1n) is 11.6. The van der Waals surface area contributed by atoms with Gasteiger partial charge in [-0.05, 0) is 68.0 Å². The molecule has 0 saturated heterocycles. The monoisotopic (exact) mass is 459 g/mol. The summed E-state index contributed by atoms with van der Waals surface area (Å²) in [5, 5.41) is 12.4. The fourth-order valence-corrected chi connectivity index (χ4v) is 4.29. The topological polar surface area (TPSA) is 101 Å². The molecular weight excluding hydrogens is 430 g/mol. The Morgan fingerprint density at radius 3 is 2.74 bits per heavy atom. The summed E-state index contributed by atoms with van der Waals surface area (Å²) in [4.78, 5) is 31.4. The summed E-state index contributed by atoms with van der Waals surface area (Å²) in [6, 6.07) is 15.2. The summed E-state index contributed by atoms with van der Waals surface area (Å²) in [6.45, 7) is 3.57. The largest absolute Gasteiger partial charge is 0.494 e. The number of rotatable bonds is 11. The highest BCUT2D eigenvalue weighted by atomic mass is 16.5. The number of carbonyl (C=O) groups is 2. The van der Waals surface area contributed by atoms with E-state index >= 15 is 0 Å². The first kappa shape index (κ1) is 23.6. The van der Waals surface area contributed by atoms with Gasteiger partial charge < -0.3 is 15.2 Å². The molecule has 0 radical (unpaired) electrons. The highest BCUT2D eigenvalue weighted by Crippen LogP contribution is 2.37. The lowest BCUT2D eigenvalue weighted by Crippen LogP contribution is -2.18. The molecule has 176 valence electrons. The van der Waals surface area contributed by atoms with Gasteiger partial charge in [0.05, 0.1) is 18.7 Å². The first-order valence-corrected chi connectivity index (χ1v) is 11.6. The molecule has 34 heavy (non-hydrogen) atoms. The molecule has 7 heteroatoms. The molecule has 1 aromatic heterocycles. The van der Waals surface area contributed by atoms with Crippen LogP contribution < -0.4 is 10.1 Å². The normalized spacial score (nSPS) is 14.6. The highest BCUT2D eigenvalue weighted by molar-refractivity contribution is 5.94. The van der Waals surface area contributed by atoms with Crippen molar-refractivity contribution >= 4 is 11.8 Å². The third kappa shape index (κ3) is 6.05. The molecule has 4 rings (SSSR count). The molecule has 0 saturated carbocycles. The summed E-state index contributed by atoms with van der Waals surface area (Å²) >= 11 is 0. The molecule has 0 unspecified atom stereocenters. The van der Waals surface area contributed by atoms with Crippen LogP contribution in [0.4, 0.5) is 0 Å². The molecule has 2 aromatic carbocycles. The van der Waals surface area contributed by atoms with Crippen molar-refractivity contribution in [2.45, 2.75) is 45.1 Å². The van der Waals surface area contributed by atoms with Crippen molar-refractivity contribution in [2.24, 2.45) is 0 Å². The third-order valence-electron chi connectivity index (χ3n) is 6.07. The third-order valence-corrected chi connectivity index (χ3v) is 6.07. The smallest absolute Gasteiger partial charge is 0.303 e. The molecule has 3 aromatic rings. The molecule has 0 bridgehead atoms. The van der Waals surface area contributed by atoms with E-state index in [2.05, 4.69) is 21.4 Å². The lowest BCUT2D eigenvalue weighted by Gasteiger charge is -2.11. The Balaban J connectivity index is 1.20. The highest BCUT2D eigenvalue weighted by Gasteiger charge is 2.24. The van der Waals surface area contributed by atoms with Gasteiger partial charge in [0.2, 0.25) is 0 Å². The molecule has 1 atom stereocenters. The minimum atomic E-state index is -0.743. The summed E-state index contributed by atoms with van der Waals surface area (Å²) in [5.41, 5.74) is 4.80. The van der Waals surface area contributed by atoms with Crippen molar-refractivity contribution in [2.75, 3.05) is 13.2 Å². The second-order valence-electron chi connectivity index (χ2n) is 8.58. The molecule has 2 N–H and O–H groups in total. The van der Waals surface area contributed by atoms with Gasteiger partial charge in [-0.2, -0.15) is 0 Å². The average Bonchev–Trinajstić information content (AvgIpc) is 3.23. The van der Waals surface area contributed by atoms with Crippen molar-refractivity contribution in [1.82, 2.24) is 15.3 Å². The van der Waals surface area contributed by atoms with Crippen molar-refractivity contribution in [1.29, 1.82) is 0 Å². The van der Waals surface area contributed by atoms with Gasteiger partial charge in [-0.15, -0.1) is 0 Å². The summed E-state index contributed by atoms with van der Waals surface area (Å²) in [7, 11) is 0. The summed E-state index contributed by atoms with van der Waals surface area (Å²) in [6.07, 6.45) is 4.59. The van der Waals surface area contributed by atoms with Crippen LogP contribution >= 0.6 is 0 Å². The number of Topliss-reactive ketones (excluding diaryl/α,β-unsaturated/α-hetero) is 1. The van der Waals surface area contributed by atoms with Crippen LogP contribution in [0.2, 0.25) is 0 Å². The average molecular weight is 460 g/mol. The van der Waals surface area contributed by atoms with Crippen LogP contribution in [0.3, 0.4) is 0 Å². The Labute approximate surface area is 199 Å². The second kappa shape index (κ2) is 11.0. The van der Waals surface area contributed by atoms with E-state index in [4.69, 9.17) is 9.84 Å². The lowest BCUT2D eigenvalue weighted by molar-refractivity contribution is -0.137. The Morgan fingerprint density at radius 2 is 1.97 bits per heavy atom. The quantitative estimate of drug-likeness (QED) is 0.323. The molecular formula is C27H29N3O4. The number of hydrogen-bond donors (Lipinski definition) is 2. The fourth-order valence-electron chi connectivity index (χ4n) is 4.29. The zero-order chi connectivity index (χ0) is 23.9. The number of aliphatic carboxylic acids is 1. The molecule has 0 spiro atoms. The van der Waals surface area contributed by atoms with Crippen molar-refractivity contribution in [3.05, 3.63) is 77.1 Å². The Bertz CT molecular complexity index is 1160. The van der Waals surface area contributed by atoms with Crippen LogP contribution in [0.15, 0.2) is 54.7 Å².